The van der Waals surface area contributed by atoms with E-state index in [1.807, 2.05) is 0 Å². The van der Waals surface area contributed by atoms with Gasteiger partial charge in [-0.15, -0.1) is 0 Å². The van der Waals surface area contributed by atoms with E-state index in [2.05, 4.69) is 5.32 Å². The molecule has 126 valence electrons. The number of nitrogens with zero attached hydrogens (tertiary/aromatic N) is 1. The van der Waals surface area contributed by atoms with Crippen LogP contribution in [0.25, 0.3) is 0 Å². The van der Waals surface area contributed by atoms with Crippen LogP contribution in [0.5, 0.6) is 0 Å². The predicted octanol–water partition coefficient (Wildman–Crippen LogP) is -1.80. The molecule has 1 aliphatic heterocycles. The molecule has 10 nitrogen and oxygen atoms in total. The van der Waals surface area contributed by atoms with Crippen molar-refractivity contribution in [3.8, 4) is 0 Å². The van der Waals surface area contributed by atoms with Gasteiger partial charge in [0, 0.05) is 23.4 Å². The van der Waals surface area contributed by atoms with Crippen LogP contribution >= 0.6 is 0 Å². The second kappa shape index (κ2) is 6.46. The summed E-state index contributed by atoms with van der Waals surface area (Å²) in [6.45, 7) is 1.47. The summed E-state index contributed by atoms with van der Waals surface area (Å²) in [5.74, 6) is -1.61. The number of nitro groups is 1. The Bertz CT molecular complexity index is 590. The second-order valence-electron chi connectivity index (χ2n) is 5.19. The Morgan fingerprint density at radius 3 is 2.43 bits per heavy atom. The molecule has 1 aromatic carbocycles. The maximum absolute atomic E-state index is 10.9. The molecule has 0 aliphatic carbocycles. The molecule has 0 radical (unpaired) electrons. The summed E-state index contributed by atoms with van der Waals surface area (Å²) in [7, 11) is 0. The highest BCUT2D eigenvalue weighted by Gasteiger charge is 2.41. The zero-order chi connectivity index (χ0) is 17.3. The van der Waals surface area contributed by atoms with E-state index in [0.29, 0.717) is 0 Å². The van der Waals surface area contributed by atoms with Crippen molar-refractivity contribution >= 4 is 17.3 Å². The van der Waals surface area contributed by atoms with Crippen molar-refractivity contribution in [2.75, 3.05) is 5.32 Å². The van der Waals surface area contributed by atoms with Crippen molar-refractivity contribution in [2.45, 2.75) is 37.6 Å². The van der Waals surface area contributed by atoms with Gasteiger partial charge in [0.1, 0.15) is 18.3 Å². The molecule has 1 saturated heterocycles. The minimum Gasteiger partial charge on any atom is -0.545 e. The molecular formula is C13H15N2O8-. The first kappa shape index (κ1) is 17.1. The standard InChI is InChI=1S/C13H16N2O8/c1-5-9(16)10(17)11(18)12(23-5)14-7-2-6(13(19)20)3-8(4-7)15(21)22/h2-5,9-12,14,16-18H,1H3,(H,19,20)/p-1/t5-,9-,10-,11-,12+/m0/s1. The molecule has 0 amide bonds. The Morgan fingerprint density at radius 2 is 1.87 bits per heavy atom. The number of hydrogen-bond acceptors (Lipinski definition) is 9. The summed E-state index contributed by atoms with van der Waals surface area (Å²) in [6, 6.07) is 2.95. The number of nitro benzene ring substituents is 1. The zero-order valence-electron chi connectivity index (χ0n) is 11.9. The van der Waals surface area contributed by atoms with Gasteiger partial charge in [-0.3, -0.25) is 10.1 Å². The zero-order valence-corrected chi connectivity index (χ0v) is 11.9. The first-order valence-electron chi connectivity index (χ1n) is 6.67. The number of aliphatic hydroxyl groups excluding tert-OH is 3. The van der Waals surface area contributed by atoms with Crippen LogP contribution in [0.1, 0.15) is 17.3 Å². The number of non-ortho nitro benzene ring substituents is 1. The van der Waals surface area contributed by atoms with Gasteiger partial charge in [0.25, 0.3) is 5.69 Å². The van der Waals surface area contributed by atoms with Crippen LogP contribution < -0.4 is 10.4 Å². The highest BCUT2D eigenvalue weighted by atomic mass is 16.6. The summed E-state index contributed by atoms with van der Waals surface area (Å²) in [5.41, 5.74) is -0.938. The Hall–Kier alpha value is -2.27. The topological polar surface area (TPSA) is 165 Å². The first-order valence-corrected chi connectivity index (χ1v) is 6.67. The number of aliphatic hydroxyl groups is 3. The van der Waals surface area contributed by atoms with Gasteiger partial charge < -0.3 is 35.3 Å². The van der Waals surface area contributed by atoms with Crippen LogP contribution in [0.4, 0.5) is 11.4 Å². The summed E-state index contributed by atoms with van der Waals surface area (Å²) in [6.07, 6.45) is -6.32. The first-order chi connectivity index (χ1) is 10.7. The van der Waals surface area contributed by atoms with Crippen molar-refractivity contribution in [3.63, 3.8) is 0 Å². The van der Waals surface area contributed by atoms with Crippen molar-refractivity contribution < 1.29 is 34.9 Å². The third kappa shape index (κ3) is 3.56. The number of anilines is 1. The molecule has 1 heterocycles. The Balaban J connectivity index is 2.28. The van der Waals surface area contributed by atoms with Crippen LogP contribution in [-0.4, -0.2) is 56.9 Å². The number of carboxylic acid groups (broad SMARTS) is 1. The van der Waals surface area contributed by atoms with Gasteiger partial charge >= 0.3 is 0 Å². The number of benzene rings is 1. The van der Waals surface area contributed by atoms with Crippen molar-refractivity contribution in [2.24, 2.45) is 0 Å². The Kier molecular flexibility index (Phi) is 4.80. The fourth-order valence-corrected chi connectivity index (χ4v) is 2.25. The van der Waals surface area contributed by atoms with E-state index in [1.165, 1.54) is 6.92 Å². The van der Waals surface area contributed by atoms with Gasteiger partial charge in [-0.25, -0.2) is 0 Å². The van der Waals surface area contributed by atoms with E-state index in [-0.39, 0.29) is 5.69 Å². The van der Waals surface area contributed by atoms with E-state index >= 15 is 0 Å². The highest BCUT2D eigenvalue weighted by molar-refractivity contribution is 5.88. The normalized spacial score (nSPS) is 30.7. The number of ether oxygens (including phenoxy) is 1. The molecule has 0 saturated carbocycles. The van der Waals surface area contributed by atoms with Gasteiger partial charge in [0.05, 0.1) is 17.0 Å². The predicted molar refractivity (Wildman–Crippen MR) is 73.4 cm³/mol. The van der Waals surface area contributed by atoms with E-state index < -0.39 is 52.8 Å². The number of aromatic carboxylic acids is 1. The molecule has 5 atom stereocenters. The number of carbonyl (C=O) groups is 1. The maximum atomic E-state index is 10.9. The van der Waals surface area contributed by atoms with E-state index in [0.717, 1.165) is 18.2 Å². The van der Waals surface area contributed by atoms with E-state index in [4.69, 9.17) is 4.74 Å². The summed E-state index contributed by atoms with van der Waals surface area (Å²) in [4.78, 5) is 21.0. The molecule has 0 spiro atoms. The Morgan fingerprint density at radius 1 is 1.22 bits per heavy atom. The number of hydrogen-bond donors (Lipinski definition) is 4. The minimum atomic E-state index is -1.61. The molecule has 2 rings (SSSR count). The quantitative estimate of drug-likeness (QED) is 0.368. The molecule has 10 heteroatoms. The van der Waals surface area contributed by atoms with Gasteiger partial charge in [-0.2, -0.15) is 0 Å². The van der Waals surface area contributed by atoms with Crippen LogP contribution in [-0.2, 0) is 4.74 Å². The lowest BCUT2D eigenvalue weighted by Crippen LogP contribution is -2.58. The third-order valence-corrected chi connectivity index (χ3v) is 3.53. The van der Waals surface area contributed by atoms with Crippen LogP contribution in [0.3, 0.4) is 0 Å². The van der Waals surface area contributed by atoms with Crippen molar-refractivity contribution in [1.82, 2.24) is 0 Å². The highest BCUT2D eigenvalue weighted by Crippen LogP contribution is 2.26. The van der Waals surface area contributed by atoms with Gasteiger partial charge in [-0.1, -0.05) is 0 Å². The third-order valence-electron chi connectivity index (χ3n) is 3.53. The maximum Gasteiger partial charge on any atom is 0.272 e. The molecule has 4 N–H and O–H groups in total. The average molecular weight is 327 g/mol. The smallest absolute Gasteiger partial charge is 0.272 e. The monoisotopic (exact) mass is 327 g/mol. The van der Waals surface area contributed by atoms with E-state index in [1.54, 1.807) is 0 Å². The molecule has 0 unspecified atom stereocenters. The largest absolute Gasteiger partial charge is 0.545 e. The minimum absolute atomic E-state index is 0.0155. The number of carboxylic acids is 1. The van der Waals surface area contributed by atoms with Crippen molar-refractivity contribution in [1.29, 1.82) is 0 Å². The molecule has 1 fully saturated rings. The van der Waals surface area contributed by atoms with Crippen molar-refractivity contribution in [3.05, 3.63) is 33.9 Å². The summed E-state index contributed by atoms with van der Waals surface area (Å²) in [5, 5.41) is 53.5. The number of carbonyl (C=O) groups excluding carboxylic acids is 1. The van der Waals surface area contributed by atoms with Gasteiger partial charge in [-0.05, 0) is 13.0 Å². The van der Waals surface area contributed by atoms with Gasteiger partial charge in [0.15, 0.2) is 6.23 Å². The Labute approximate surface area is 130 Å². The lowest BCUT2D eigenvalue weighted by molar-refractivity contribution is -0.384. The molecule has 1 aromatic rings. The number of rotatable bonds is 4. The van der Waals surface area contributed by atoms with Crippen LogP contribution in [0.2, 0.25) is 0 Å². The summed E-state index contributed by atoms with van der Waals surface area (Å²) < 4.78 is 5.28. The lowest BCUT2D eigenvalue weighted by atomic mass is 9.99. The van der Waals surface area contributed by atoms with Crippen LogP contribution in [0.15, 0.2) is 18.2 Å². The second-order valence-corrected chi connectivity index (χ2v) is 5.19. The van der Waals surface area contributed by atoms with E-state index in [9.17, 15) is 35.3 Å². The molecule has 0 bridgehead atoms. The SMILES string of the molecule is C[C@@H]1O[C@@H](Nc2cc(C(=O)[O-])cc([N+](=O)[O-])c2)[C@@H](O)[C@@H](O)[C@H]1O. The molecular weight excluding hydrogens is 312 g/mol. The average Bonchev–Trinajstić information content (AvgIpc) is 2.50. The fraction of sp³-hybridized carbons (Fsp3) is 0.462. The lowest BCUT2D eigenvalue weighted by Gasteiger charge is -2.39. The number of nitrogens with one attached hydrogen (secondary N) is 1. The fourth-order valence-electron chi connectivity index (χ4n) is 2.25. The molecule has 1 aliphatic rings. The van der Waals surface area contributed by atoms with Gasteiger partial charge in [0.2, 0.25) is 0 Å². The molecule has 0 aromatic heterocycles. The summed E-state index contributed by atoms with van der Waals surface area (Å²) >= 11 is 0. The molecule has 23 heavy (non-hydrogen) atoms. The van der Waals surface area contributed by atoms with Crippen LogP contribution in [0, 0.1) is 10.1 Å².